The number of hydrogen-bond donors (Lipinski definition) is 1. The van der Waals surface area contributed by atoms with Crippen molar-refractivity contribution in [2.45, 2.75) is 91.1 Å². The second-order valence-corrected chi connectivity index (χ2v) is 5.38. The van der Waals surface area contributed by atoms with Crippen molar-refractivity contribution >= 4 is 0 Å². The molecule has 3 heteroatoms. The molecule has 126 valence electrons. The van der Waals surface area contributed by atoms with E-state index in [0.717, 1.165) is 38.5 Å². The summed E-state index contributed by atoms with van der Waals surface area (Å²) in [6, 6.07) is 0. The summed E-state index contributed by atoms with van der Waals surface area (Å²) in [7, 11) is 0. The van der Waals surface area contributed by atoms with Crippen LogP contribution in [0.1, 0.15) is 73.1 Å². The molecule has 1 N–H and O–H groups in total. The van der Waals surface area contributed by atoms with Gasteiger partial charge in [0.05, 0.1) is 0 Å². The number of hydrogen-bond acceptors (Lipinski definition) is 3. The van der Waals surface area contributed by atoms with Crippen LogP contribution >= 0.6 is 0 Å². The standard InChI is InChI=1S/C19H32O3/c1-6-9-11-13-15-19(20,16-14-12-10-7-2)17(4)22-18(5)21-8-3/h17-18,20H,6-12H2,1-5H3/t17-,18?/m0/s1. The van der Waals surface area contributed by atoms with Crippen LogP contribution < -0.4 is 0 Å². The molecule has 0 aliphatic carbocycles. The van der Waals surface area contributed by atoms with Gasteiger partial charge in [0.2, 0.25) is 5.60 Å². The molecule has 0 rings (SSSR count). The van der Waals surface area contributed by atoms with E-state index >= 15 is 0 Å². The predicted molar refractivity (Wildman–Crippen MR) is 91.2 cm³/mol. The molecule has 1 unspecified atom stereocenters. The van der Waals surface area contributed by atoms with Crippen molar-refractivity contribution in [1.29, 1.82) is 0 Å². The monoisotopic (exact) mass is 308 g/mol. The van der Waals surface area contributed by atoms with Crippen LogP contribution in [-0.2, 0) is 9.47 Å². The molecule has 0 amide bonds. The van der Waals surface area contributed by atoms with Crippen LogP contribution in [0.15, 0.2) is 0 Å². The summed E-state index contributed by atoms with van der Waals surface area (Å²) in [6.45, 7) is 10.3. The molecule has 0 aliphatic rings. The molecule has 22 heavy (non-hydrogen) atoms. The Hall–Kier alpha value is -1.00. The van der Waals surface area contributed by atoms with E-state index in [0.29, 0.717) is 6.61 Å². The van der Waals surface area contributed by atoms with Gasteiger partial charge < -0.3 is 14.6 Å². The molecular weight excluding hydrogens is 276 g/mol. The first-order chi connectivity index (χ1) is 10.5. The first kappa shape index (κ1) is 21.0. The molecule has 0 saturated carbocycles. The maximum atomic E-state index is 10.8. The van der Waals surface area contributed by atoms with Gasteiger partial charge in [-0.15, -0.1) is 0 Å². The molecule has 0 bridgehead atoms. The average Bonchev–Trinajstić information content (AvgIpc) is 2.48. The van der Waals surface area contributed by atoms with E-state index in [1.54, 1.807) is 6.92 Å². The quantitative estimate of drug-likeness (QED) is 0.399. The summed E-state index contributed by atoms with van der Waals surface area (Å²) in [5, 5.41) is 10.8. The maximum absolute atomic E-state index is 10.8. The fraction of sp³-hybridized carbons (Fsp3) is 0.789. The van der Waals surface area contributed by atoms with Gasteiger partial charge in [0.1, 0.15) is 6.10 Å². The summed E-state index contributed by atoms with van der Waals surface area (Å²) in [5.74, 6) is 11.9. The van der Waals surface area contributed by atoms with Crippen molar-refractivity contribution < 1.29 is 14.6 Å². The predicted octanol–water partition coefficient (Wildman–Crippen LogP) is 3.89. The van der Waals surface area contributed by atoms with Gasteiger partial charge in [-0.1, -0.05) is 50.4 Å². The fourth-order valence-electron chi connectivity index (χ4n) is 1.82. The second kappa shape index (κ2) is 12.5. The van der Waals surface area contributed by atoms with Gasteiger partial charge in [-0.2, -0.15) is 0 Å². The summed E-state index contributed by atoms with van der Waals surface area (Å²) >= 11 is 0. The van der Waals surface area contributed by atoms with Gasteiger partial charge in [0, 0.05) is 19.4 Å². The lowest BCUT2D eigenvalue weighted by Crippen LogP contribution is -2.41. The smallest absolute Gasteiger partial charge is 0.214 e. The number of unbranched alkanes of at least 4 members (excludes halogenated alkanes) is 4. The maximum Gasteiger partial charge on any atom is 0.214 e. The number of ether oxygens (including phenoxy) is 2. The molecule has 0 aromatic carbocycles. The Labute approximate surface area is 136 Å². The molecule has 3 nitrogen and oxygen atoms in total. The highest BCUT2D eigenvalue weighted by atomic mass is 16.7. The molecule has 0 fully saturated rings. The Morgan fingerprint density at radius 1 is 0.955 bits per heavy atom. The summed E-state index contributed by atoms with van der Waals surface area (Å²) in [4.78, 5) is 0. The zero-order valence-electron chi connectivity index (χ0n) is 14.9. The van der Waals surface area contributed by atoms with E-state index in [2.05, 4.69) is 37.5 Å². The second-order valence-electron chi connectivity index (χ2n) is 5.38. The van der Waals surface area contributed by atoms with Crippen LogP contribution in [0.4, 0.5) is 0 Å². The molecule has 0 aliphatic heterocycles. The van der Waals surface area contributed by atoms with Crippen LogP contribution in [-0.4, -0.2) is 29.7 Å². The van der Waals surface area contributed by atoms with Gasteiger partial charge in [-0.05, 0) is 33.6 Å². The first-order valence-electron chi connectivity index (χ1n) is 8.49. The average molecular weight is 308 g/mol. The largest absolute Gasteiger partial charge is 0.365 e. The molecule has 0 heterocycles. The van der Waals surface area contributed by atoms with E-state index < -0.39 is 11.7 Å². The summed E-state index contributed by atoms with van der Waals surface area (Å²) in [6.07, 6.45) is 4.84. The third-order valence-electron chi connectivity index (χ3n) is 3.25. The van der Waals surface area contributed by atoms with Crippen molar-refractivity contribution in [2.24, 2.45) is 0 Å². The molecule has 0 aromatic rings. The van der Waals surface area contributed by atoms with E-state index in [1.165, 1.54) is 0 Å². The Balaban J connectivity index is 4.93. The van der Waals surface area contributed by atoms with Gasteiger partial charge in [-0.25, -0.2) is 0 Å². The molecule has 2 atom stereocenters. The van der Waals surface area contributed by atoms with Crippen LogP contribution in [0, 0.1) is 23.7 Å². The lowest BCUT2D eigenvalue weighted by atomic mass is 9.98. The van der Waals surface area contributed by atoms with Crippen LogP contribution in [0.2, 0.25) is 0 Å². The normalized spacial score (nSPS) is 13.5. The zero-order chi connectivity index (χ0) is 16.8. The van der Waals surface area contributed by atoms with E-state index in [9.17, 15) is 5.11 Å². The zero-order valence-corrected chi connectivity index (χ0v) is 14.9. The Kier molecular flexibility index (Phi) is 12.0. The third kappa shape index (κ3) is 9.11. The molecule has 0 spiro atoms. The van der Waals surface area contributed by atoms with Crippen LogP contribution in [0.5, 0.6) is 0 Å². The van der Waals surface area contributed by atoms with E-state index in [4.69, 9.17) is 9.47 Å². The van der Waals surface area contributed by atoms with Crippen LogP contribution in [0.3, 0.4) is 0 Å². The van der Waals surface area contributed by atoms with Gasteiger partial charge in [0.15, 0.2) is 6.29 Å². The molecule has 0 aromatic heterocycles. The highest BCUT2D eigenvalue weighted by molar-refractivity contribution is 5.31. The minimum absolute atomic E-state index is 0.388. The lowest BCUT2D eigenvalue weighted by Gasteiger charge is -2.27. The molecular formula is C19H32O3. The van der Waals surface area contributed by atoms with Crippen molar-refractivity contribution in [3.63, 3.8) is 0 Å². The number of aliphatic hydroxyl groups is 1. The molecule has 0 radical (unpaired) electrons. The summed E-state index contributed by atoms with van der Waals surface area (Å²) in [5.41, 5.74) is -1.44. The van der Waals surface area contributed by atoms with Crippen molar-refractivity contribution in [1.82, 2.24) is 0 Å². The minimum Gasteiger partial charge on any atom is -0.365 e. The number of rotatable bonds is 9. The first-order valence-corrected chi connectivity index (χ1v) is 8.49. The van der Waals surface area contributed by atoms with Crippen LogP contribution in [0.25, 0.3) is 0 Å². The van der Waals surface area contributed by atoms with Crippen molar-refractivity contribution in [2.75, 3.05) is 6.61 Å². The van der Waals surface area contributed by atoms with Crippen molar-refractivity contribution in [3.8, 4) is 23.7 Å². The lowest BCUT2D eigenvalue weighted by molar-refractivity contribution is -0.178. The van der Waals surface area contributed by atoms with Crippen molar-refractivity contribution in [3.05, 3.63) is 0 Å². The van der Waals surface area contributed by atoms with E-state index in [-0.39, 0.29) is 6.29 Å². The highest BCUT2D eigenvalue weighted by Gasteiger charge is 2.32. The Bertz CT molecular complexity index is 368. The Morgan fingerprint density at radius 3 is 1.86 bits per heavy atom. The molecule has 0 saturated heterocycles. The third-order valence-corrected chi connectivity index (χ3v) is 3.25. The Morgan fingerprint density at radius 2 is 1.45 bits per heavy atom. The van der Waals surface area contributed by atoms with Gasteiger partial charge in [0.25, 0.3) is 0 Å². The highest BCUT2D eigenvalue weighted by Crippen LogP contribution is 2.15. The SMILES string of the molecule is CCCCC#CC(O)(C#CCCCC)[C@H](C)OC(C)OCC. The minimum atomic E-state index is -1.44. The topological polar surface area (TPSA) is 38.7 Å². The van der Waals surface area contributed by atoms with E-state index in [1.807, 2.05) is 13.8 Å². The van der Waals surface area contributed by atoms with Gasteiger partial charge >= 0.3 is 0 Å². The van der Waals surface area contributed by atoms with Gasteiger partial charge in [-0.3, -0.25) is 0 Å². The fourth-order valence-corrected chi connectivity index (χ4v) is 1.82. The summed E-state index contributed by atoms with van der Waals surface area (Å²) < 4.78 is 11.1.